The van der Waals surface area contributed by atoms with Gasteiger partial charge in [0, 0.05) is 12.7 Å². The molecular formula is C19H15F3N4O4. The van der Waals surface area contributed by atoms with Crippen LogP contribution in [-0.2, 0) is 13.2 Å². The van der Waals surface area contributed by atoms with Crippen LogP contribution in [0.4, 0.5) is 18.9 Å². The van der Waals surface area contributed by atoms with Crippen LogP contribution in [0.5, 0.6) is 5.75 Å². The molecule has 1 amide bonds. The van der Waals surface area contributed by atoms with E-state index in [2.05, 4.69) is 10.4 Å². The monoisotopic (exact) mass is 420 g/mol. The first-order valence-corrected chi connectivity index (χ1v) is 8.45. The summed E-state index contributed by atoms with van der Waals surface area (Å²) in [5, 5.41) is 6.03. The van der Waals surface area contributed by atoms with Gasteiger partial charge < -0.3 is 10.1 Å². The molecule has 0 radical (unpaired) electrons. The number of hydrogen-bond donors (Lipinski definition) is 1. The summed E-state index contributed by atoms with van der Waals surface area (Å²) in [6.45, 7) is 0. The van der Waals surface area contributed by atoms with Crippen molar-refractivity contribution in [2.45, 2.75) is 6.18 Å². The van der Waals surface area contributed by atoms with Gasteiger partial charge >= 0.3 is 11.9 Å². The largest absolute Gasteiger partial charge is 0.497 e. The number of nitrogens with zero attached hydrogens (tertiary/aromatic N) is 3. The van der Waals surface area contributed by atoms with Crippen LogP contribution >= 0.6 is 0 Å². The summed E-state index contributed by atoms with van der Waals surface area (Å²) in [5.41, 5.74) is -3.35. The van der Waals surface area contributed by atoms with Crippen molar-refractivity contribution in [1.29, 1.82) is 0 Å². The quantitative estimate of drug-likeness (QED) is 0.698. The molecule has 0 aliphatic rings. The van der Waals surface area contributed by atoms with Crippen molar-refractivity contribution in [3.8, 4) is 11.4 Å². The number of amides is 1. The van der Waals surface area contributed by atoms with Crippen molar-refractivity contribution in [3.63, 3.8) is 0 Å². The summed E-state index contributed by atoms with van der Waals surface area (Å²) in [7, 11) is 2.62. The number of anilines is 1. The minimum atomic E-state index is -4.60. The predicted molar refractivity (Wildman–Crippen MR) is 101 cm³/mol. The zero-order valence-corrected chi connectivity index (χ0v) is 15.7. The van der Waals surface area contributed by atoms with Crippen LogP contribution in [0.1, 0.15) is 16.1 Å². The minimum Gasteiger partial charge on any atom is -0.497 e. The third kappa shape index (κ3) is 4.09. The van der Waals surface area contributed by atoms with E-state index in [0.29, 0.717) is 10.3 Å². The Hall–Kier alpha value is -3.89. The normalized spacial score (nSPS) is 11.2. The number of ether oxygens (including phenoxy) is 1. The second kappa shape index (κ2) is 7.85. The first-order valence-electron chi connectivity index (χ1n) is 8.45. The van der Waals surface area contributed by atoms with Gasteiger partial charge in [-0.2, -0.15) is 23.0 Å². The molecular weight excluding hydrogens is 405 g/mol. The van der Waals surface area contributed by atoms with Crippen molar-refractivity contribution in [2.24, 2.45) is 7.05 Å². The Bertz CT molecular complexity index is 1210. The summed E-state index contributed by atoms with van der Waals surface area (Å²) in [6.07, 6.45) is -4.60. The van der Waals surface area contributed by atoms with Crippen LogP contribution in [0.25, 0.3) is 5.69 Å². The summed E-state index contributed by atoms with van der Waals surface area (Å²) < 4.78 is 45.1. The predicted octanol–water partition coefficient (Wildman–Crippen LogP) is 2.21. The molecule has 1 aromatic heterocycles. The van der Waals surface area contributed by atoms with Gasteiger partial charge in [0.25, 0.3) is 11.5 Å². The fraction of sp³-hybridized carbons (Fsp3) is 0.158. The fourth-order valence-electron chi connectivity index (χ4n) is 2.57. The van der Waals surface area contributed by atoms with E-state index in [1.165, 1.54) is 25.3 Å². The van der Waals surface area contributed by atoms with Gasteiger partial charge in [-0.1, -0.05) is 6.07 Å². The first kappa shape index (κ1) is 20.8. The van der Waals surface area contributed by atoms with Gasteiger partial charge in [0.15, 0.2) is 0 Å². The molecule has 8 nitrogen and oxygen atoms in total. The molecule has 0 atom stereocenters. The van der Waals surface area contributed by atoms with E-state index in [1.807, 2.05) is 0 Å². The van der Waals surface area contributed by atoms with Gasteiger partial charge in [-0.25, -0.2) is 4.79 Å². The van der Waals surface area contributed by atoms with Crippen LogP contribution in [0, 0.1) is 0 Å². The topological polar surface area (TPSA) is 95.2 Å². The van der Waals surface area contributed by atoms with Crippen LogP contribution in [-0.4, -0.2) is 27.4 Å². The lowest BCUT2D eigenvalue weighted by molar-refractivity contribution is -0.137. The Kier molecular flexibility index (Phi) is 5.45. The number of methoxy groups -OCH3 is 1. The summed E-state index contributed by atoms with van der Waals surface area (Å²) >= 11 is 0. The van der Waals surface area contributed by atoms with Gasteiger partial charge in [-0.15, -0.1) is 0 Å². The molecule has 3 aromatic rings. The molecule has 156 valence electrons. The van der Waals surface area contributed by atoms with Crippen molar-refractivity contribution < 1.29 is 22.7 Å². The summed E-state index contributed by atoms with van der Waals surface area (Å²) in [5.74, 6) is -0.545. The van der Waals surface area contributed by atoms with Gasteiger partial charge in [0.2, 0.25) is 5.69 Å². The van der Waals surface area contributed by atoms with E-state index in [4.69, 9.17) is 4.74 Å². The Labute approximate surface area is 167 Å². The second-order valence-corrected chi connectivity index (χ2v) is 6.14. The molecule has 11 heteroatoms. The standard InChI is InChI=1S/C19H15F3N4O4/c1-25-17(28)15(16(27)23-12-5-3-4-11(10-12)19(20,21)22)24-26(18(25)29)13-6-8-14(30-2)9-7-13/h3-10H,1-2H3,(H,23,27). The van der Waals surface area contributed by atoms with E-state index >= 15 is 0 Å². The van der Waals surface area contributed by atoms with E-state index < -0.39 is 34.6 Å². The molecule has 0 spiro atoms. The zero-order valence-electron chi connectivity index (χ0n) is 15.7. The molecule has 0 unspecified atom stereocenters. The number of carbonyl (C=O) groups is 1. The van der Waals surface area contributed by atoms with E-state index in [9.17, 15) is 27.6 Å². The summed E-state index contributed by atoms with van der Waals surface area (Å²) in [6, 6.07) is 10.0. The van der Waals surface area contributed by atoms with Crippen LogP contribution in [0.2, 0.25) is 0 Å². The highest BCUT2D eigenvalue weighted by Gasteiger charge is 2.30. The van der Waals surface area contributed by atoms with Crippen LogP contribution < -0.4 is 21.3 Å². The molecule has 1 N–H and O–H groups in total. The van der Waals surface area contributed by atoms with E-state index in [1.54, 1.807) is 12.1 Å². The maximum absolute atomic E-state index is 12.9. The minimum absolute atomic E-state index is 0.180. The number of alkyl halides is 3. The molecule has 3 rings (SSSR count). The molecule has 0 saturated carbocycles. The molecule has 0 aliphatic heterocycles. The highest BCUT2D eigenvalue weighted by atomic mass is 19.4. The van der Waals surface area contributed by atoms with Crippen LogP contribution in [0.15, 0.2) is 58.1 Å². The second-order valence-electron chi connectivity index (χ2n) is 6.14. The molecule has 2 aromatic carbocycles. The van der Waals surface area contributed by atoms with Gasteiger partial charge in [-0.05, 0) is 42.5 Å². The van der Waals surface area contributed by atoms with Crippen molar-refractivity contribution in [3.05, 3.63) is 80.6 Å². The molecule has 0 bridgehead atoms. The Morgan fingerprint density at radius 1 is 1.10 bits per heavy atom. The average Bonchev–Trinajstić information content (AvgIpc) is 2.72. The summed E-state index contributed by atoms with van der Waals surface area (Å²) in [4.78, 5) is 37.3. The molecule has 1 heterocycles. The Morgan fingerprint density at radius 2 is 1.77 bits per heavy atom. The third-order valence-electron chi connectivity index (χ3n) is 4.16. The van der Waals surface area contributed by atoms with Crippen LogP contribution in [0.3, 0.4) is 0 Å². The Morgan fingerprint density at radius 3 is 2.37 bits per heavy atom. The lowest BCUT2D eigenvalue weighted by Crippen LogP contribution is -2.43. The number of rotatable bonds is 4. The smallest absolute Gasteiger partial charge is 0.416 e. The van der Waals surface area contributed by atoms with Gasteiger partial charge in [0.1, 0.15) is 5.75 Å². The number of nitrogens with one attached hydrogen (secondary N) is 1. The van der Waals surface area contributed by atoms with E-state index in [0.717, 1.165) is 29.9 Å². The number of aromatic nitrogens is 3. The molecule has 0 aliphatic carbocycles. The zero-order chi connectivity index (χ0) is 22.1. The van der Waals surface area contributed by atoms with Crippen molar-refractivity contribution in [2.75, 3.05) is 12.4 Å². The van der Waals surface area contributed by atoms with E-state index in [-0.39, 0.29) is 11.4 Å². The highest BCUT2D eigenvalue weighted by Crippen LogP contribution is 2.30. The maximum atomic E-state index is 12.9. The first-order chi connectivity index (χ1) is 14.1. The lowest BCUT2D eigenvalue weighted by atomic mass is 10.2. The Balaban J connectivity index is 2.01. The third-order valence-corrected chi connectivity index (χ3v) is 4.16. The average molecular weight is 420 g/mol. The lowest BCUT2D eigenvalue weighted by Gasteiger charge is -2.11. The highest BCUT2D eigenvalue weighted by molar-refractivity contribution is 6.02. The van der Waals surface area contributed by atoms with Crippen molar-refractivity contribution in [1.82, 2.24) is 14.3 Å². The number of carbonyl (C=O) groups excluding carboxylic acids is 1. The maximum Gasteiger partial charge on any atom is 0.416 e. The fourth-order valence-corrected chi connectivity index (χ4v) is 2.57. The van der Waals surface area contributed by atoms with Gasteiger partial charge in [-0.3, -0.25) is 14.2 Å². The van der Waals surface area contributed by atoms with Crippen molar-refractivity contribution >= 4 is 11.6 Å². The SMILES string of the molecule is COc1ccc(-n2nc(C(=O)Nc3cccc(C(F)(F)F)c3)c(=O)n(C)c2=O)cc1. The molecule has 30 heavy (non-hydrogen) atoms. The molecule has 0 fully saturated rings. The number of hydrogen-bond acceptors (Lipinski definition) is 5. The number of benzene rings is 2. The number of halogens is 3. The molecule has 0 saturated heterocycles. The van der Waals surface area contributed by atoms with Gasteiger partial charge in [0.05, 0.1) is 18.4 Å².